The van der Waals surface area contributed by atoms with E-state index in [1.165, 1.54) is 25.1 Å². The molecular formula is C18H18ClF3N2O5S2. The molecule has 1 amide bonds. The van der Waals surface area contributed by atoms with Gasteiger partial charge in [0.15, 0.2) is 9.84 Å². The number of hydrogen-bond acceptors (Lipinski definition) is 5. The van der Waals surface area contributed by atoms with Crippen LogP contribution >= 0.6 is 11.6 Å². The van der Waals surface area contributed by atoms with Gasteiger partial charge in [-0.2, -0.15) is 13.2 Å². The van der Waals surface area contributed by atoms with Gasteiger partial charge < -0.3 is 5.32 Å². The van der Waals surface area contributed by atoms with Crippen molar-refractivity contribution in [3.8, 4) is 0 Å². The Bertz CT molecular complexity index is 1210. The molecule has 0 radical (unpaired) electrons. The summed E-state index contributed by atoms with van der Waals surface area (Å²) in [5, 5.41) is 1.65. The lowest BCUT2D eigenvalue weighted by Crippen LogP contribution is -2.27. The normalized spacial score (nSPS) is 12.5. The fourth-order valence-corrected chi connectivity index (χ4v) is 5.26. The zero-order valence-corrected chi connectivity index (χ0v) is 18.6. The number of carbonyl (C=O) groups excluding carboxylic acids is 1. The Balaban J connectivity index is 2.47. The molecule has 0 aliphatic carbocycles. The van der Waals surface area contributed by atoms with Gasteiger partial charge in [-0.1, -0.05) is 17.7 Å². The molecule has 170 valence electrons. The van der Waals surface area contributed by atoms with Gasteiger partial charge in [0.05, 0.1) is 31.8 Å². The van der Waals surface area contributed by atoms with Crippen molar-refractivity contribution in [3.05, 3.63) is 52.5 Å². The number of anilines is 1. The lowest BCUT2D eigenvalue weighted by molar-refractivity contribution is -0.137. The number of sulfonamides is 1. The number of rotatable bonds is 7. The number of aryl methyl sites for hydroxylation is 1. The van der Waals surface area contributed by atoms with E-state index in [4.69, 9.17) is 11.6 Å². The average molecular weight is 499 g/mol. The van der Waals surface area contributed by atoms with E-state index < -0.39 is 53.2 Å². The number of nitrogens with one attached hydrogen (secondary N) is 2. The van der Waals surface area contributed by atoms with Crippen LogP contribution in [0.15, 0.2) is 46.2 Å². The van der Waals surface area contributed by atoms with Gasteiger partial charge in [0.25, 0.3) is 10.0 Å². The second-order valence-electron chi connectivity index (χ2n) is 6.55. The van der Waals surface area contributed by atoms with Gasteiger partial charge in [0.1, 0.15) is 0 Å². The lowest BCUT2D eigenvalue weighted by atomic mass is 10.2. The summed E-state index contributed by atoms with van der Waals surface area (Å²) in [6, 6.07) is 5.89. The van der Waals surface area contributed by atoms with Gasteiger partial charge in [0.2, 0.25) is 5.91 Å². The van der Waals surface area contributed by atoms with E-state index in [1.807, 2.05) is 4.72 Å². The largest absolute Gasteiger partial charge is 0.417 e. The molecule has 0 fully saturated rings. The van der Waals surface area contributed by atoms with E-state index in [1.54, 1.807) is 6.92 Å². The number of amides is 1. The first-order valence-corrected chi connectivity index (χ1v) is 12.1. The predicted octanol–water partition coefficient (Wildman–Crippen LogP) is 3.38. The quantitative estimate of drug-likeness (QED) is 0.608. The maximum Gasteiger partial charge on any atom is 0.417 e. The van der Waals surface area contributed by atoms with Crippen LogP contribution < -0.4 is 10.0 Å². The van der Waals surface area contributed by atoms with Crippen LogP contribution in [0.3, 0.4) is 0 Å². The first-order chi connectivity index (χ1) is 14.1. The number of alkyl halides is 3. The monoisotopic (exact) mass is 498 g/mol. The topological polar surface area (TPSA) is 109 Å². The van der Waals surface area contributed by atoms with Crippen LogP contribution in [0, 0.1) is 6.92 Å². The summed E-state index contributed by atoms with van der Waals surface area (Å²) in [5.41, 5.74) is -1.17. The van der Waals surface area contributed by atoms with Crippen LogP contribution in [0.4, 0.5) is 18.9 Å². The molecule has 0 saturated carbocycles. The van der Waals surface area contributed by atoms with E-state index in [2.05, 4.69) is 5.32 Å². The summed E-state index contributed by atoms with van der Waals surface area (Å²) in [4.78, 5) is 9.84. The Kier molecular flexibility index (Phi) is 7.28. The molecule has 2 rings (SSSR count). The zero-order chi connectivity index (χ0) is 23.6. The second kappa shape index (κ2) is 9.05. The minimum atomic E-state index is -4.88. The lowest BCUT2D eigenvalue weighted by Gasteiger charge is -2.15. The molecule has 0 saturated heterocycles. The molecule has 0 heterocycles. The highest BCUT2D eigenvalue weighted by Gasteiger charge is 2.34. The highest BCUT2D eigenvalue weighted by Crippen LogP contribution is 2.36. The van der Waals surface area contributed by atoms with Crippen molar-refractivity contribution in [1.29, 1.82) is 0 Å². The Labute approximate surface area is 182 Å². The van der Waals surface area contributed by atoms with Gasteiger partial charge in [-0.05, 0) is 42.8 Å². The molecule has 0 spiro atoms. The molecule has 13 heteroatoms. The molecule has 0 bridgehead atoms. The van der Waals surface area contributed by atoms with E-state index in [9.17, 15) is 34.8 Å². The summed E-state index contributed by atoms with van der Waals surface area (Å²) in [6.07, 6.45) is -4.88. The smallest absolute Gasteiger partial charge is 0.355 e. The standard InChI is InChI=1S/C18H18ClF3N2O5S2/c1-11-3-6-17(30(26,27)8-7-23-12(2)25)16(9-11)24-31(28,29)13-4-5-15(19)14(10-13)18(20,21)22/h3-6,9-10,24H,7-8H2,1-2H3,(H,23,25). The highest BCUT2D eigenvalue weighted by molar-refractivity contribution is 7.93. The third-order valence-corrected chi connectivity index (χ3v) is 7.47. The SMILES string of the molecule is CC(=O)NCCS(=O)(=O)c1ccc(C)cc1NS(=O)(=O)c1ccc(Cl)c(C(F)(F)F)c1. The van der Waals surface area contributed by atoms with E-state index in [-0.39, 0.29) is 17.1 Å². The van der Waals surface area contributed by atoms with Crippen molar-refractivity contribution < 1.29 is 34.8 Å². The molecular weight excluding hydrogens is 481 g/mol. The molecule has 0 aliphatic heterocycles. The third-order valence-electron chi connectivity index (χ3n) is 4.01. The molecule has 0 atom stereocenters. The van der Waals surface area contributed by atoms with Crippen molar-refractivity contribution in [3.63, 3.8) is 0 Å². The molecule has 2 N–H and O–H groups in total. The second-order valence-corrected chi connectivity index (χ2v) is 10.7. The van der Waals surface area contributed by atoms with E-state index >= 15 is 0 Å². The van der Waals surface area contributed by atoms with Crippen molar-refractivity contribution in [1.82, 2.24) is 5.32 Å². The summed E-state index contributed by atoms with van der Waals surface area (Å²) >= 11 is 5.52. The summed E-state index contributed by atoms with van der Waals surface area (Å²) in [5.74, 6) is -0.952. The maximum absolute atomic E-state index is 13.1. The van der Waals surface area contributed by atoms with E-state index in [0.717, 1.165) is 12.1 Å². The van der Waals surface area contributed by atoms with E-state index in [0.29, 0.717) is 11.6 Å². The first-order valence-electron chi connectivity index (χ1n) is 8.61. The molecule has 0 aromatic heterocycles. The third kappa shape index (κ3) is 6.34. The molecule has 2 aromatic carbocycles. The fraction of sp³-hybridized carbons (Fsp3) is 0.278. The highest BCUT2D eigenvalue weighted by atomic mass is 35.5. The number of benzene rings is 2. The number of halogens is 4. The van der Waals surface area contributed by atoms with Crippen LogP contribution in [0.1, 0.15) is 18.1 Å². The number of sulfone groups is 1. The molecule has 0 aliphatic rings. The van der Waals surface area contributed by atoms with Crippen LogP contribution in [-0.2, 0) is 30.8 Å². The average Bonchev–Trinajstić information content (AvgIpc) is 2.59. The predicted molar refractivity (Wildman–Crippen MR) is 109 cm³/mol. The van der Waals surface area contributed by atoms with Crippen LogP contribution in [0.5, 0.6) is 0 Å². The van der Waals surface area contributed by atoms with Crippen LogP contribution in [0.25, 0.3) is 0 Å². The van der Waals surface area contributed by atoms with Gasteiger partial charge in [-0.15, -0.1) is 0 Å². The Morgan fingerprint density at radius 3 is 2.29 bits per heavy atom. The Hall–Kier alpha value is -2.31. The van der Waals surface area contributed by atoms with Crippen molar-refractivity contribution in [2.24, 2.45) is 0 Å². The summed E-state index contributed by atoms with van der Waals surface area (Å²) in [6.45, 7) is 2.58. The van der Waals surface area contributed by atoms with Crippen molar-refractivity contribution in [2.75, 3.05) is 17.0 Å². The molecule has 2 aromatic rings. The summed E-state index contributed by atoms with van der Waals surface area (Å²) < 4.78 is 92.0. The maximum atomic E-state index is 13.1. The van der Waals surface area contributed by atoms with Crippen molar-refractivity contribution >= 4 is 43.1 Å². The number of hydrogen-bond donors (Lipinski definition) is 2. The van der Waals surface area contributed by atoms with Gasteiger partial charge in [-0.25, -0.2) is 16.8 Å². The van der Waals surface area contributed by atoms with Crippen molar-refractivity contribution in [2.45, 2.75) is 29.8 Å². The summed E-state index contributed by atoms with van der Waals surface area (Å²) in [7, 11) is -8.63. The minimum Gasteiger partial charge on any atom is -0.355 e. The zero-order valence-electron chi connectivity index (χ0n) is 16.2. The molecule has 0 unspecified atom stereocenters. The fourth-order valence-electron chi connectivity index (χ4n) is 2.56. The van der Waals surface area contributed by atoms with Gasteiger partial charge in [-0.3, -0.25) is 9.52 Å². The van der Waals surface area contributed by atoms with Gasteiger partial charge >= 0.3 is 6.18 Å². The Morgan fingerprint density at radius 1 is 1.06 bits per heavy atom. The van der Waals surface area contributed by atoms with Crippen LogP contribution in [0.2, 0.25) is 5.02 Å². The first kappa shape index (κ1) is 25.0. The number of carbonyl (C=O) groups is 1. The molecule has 31 heavy (non-hydrogen) atoms. The minimum absolute atomic E-state index is 0.205. The van der Waals surface area contributed by atoms with Gasteiger partial charge in [0, 0.05) is 13.5 Å². The Morgan fingerprint density at radius 2 is 1.71 bits per heavy atom. The van der Waals surface area contributed by atoms with Crippen LogP contribution in [-0.4, -0.2) is 35.0 Å². The molecule has 7 nitrogen and oxygen atoms in total.